The summed E-state index contributed by atoms with van der Waals surface area (Å²) in [6, 6.07) is 15.0. The summed E-state index contributed by atoms with van der Waals surface area (Å²) in [5.74, 6) is -0.460. The topological polar surface area (TPSA) is 115 Å². The molecule has 0 amide bonds. The Morgan fingerprint density at radius 1 is 1.00 bits per heavy atom. The molecular formula is C21H20N2O6S. The summed E-state index contributed by atoms with van der Waals surface area (Å²) in [4.78, 5) is 26.8. The van der Waals surface area contributed by atoms with E-state index in [4.69, 9.17) is 9.47 Å². The first-order valence-corrected chi connectivity index (χ1v) is 10.6. The Labute approximate surface area is 173 Å². The number of benzene rings is 2. The first kappa shape index (κ1) is 21.1. The molecule has 156 valence electrons. The third kappa shape index (κ3) is 5.26. The van der Waals surface area contributed by atoms with Gasteiger partial charge in [0.25, 0.3) is 10.0 Å². The molecule has 0 fully saturated rings. The number of aromatic amines is 1. The molecule has 0 unspecified atom stereocenters. The summed E-state index contributed by atoms with van der Waals surface area (Å²) >= 11 is 0. The molecule has 0 saturated carbocycles. The van der Waals surface area contributed by atoms with Gasteiger partial charge in [-0.25, -0.2) is 13.2 Å². The van der Waals surface area contributed by atoms with Gasteiger partial charge < -0.3 is 14.5 Å². The molecule has 30 heavy (non-hydrogen) atoms. The molecule has 0 spiro atoms. The summed E-state index contributed by atoms with van der Waals surface area (Å²) in [7, 11) is -3.79. The SMILES string of the molecule is CCOc1ccc(S(=O)(=O)Nc2ccc(C(=O)OCC(=O)c3ccc[nH]3)cc2)cc1. The van der Waals surface area contributed by atoms with E-state index in [0.717, 1.165) is 0 Å². The molecule has 2 aromatic carbocycles. The van der Waals surface area contributed by atoms with E-state index in [1.165, 1.54) is 36.4 Å². The van der Waals surface area contributed by atoms with E-state index in [9.17, 15) is 18.0 Å². The number of ketones is 1. The Kier molecular flexibility index (Phi) is 6.53. The maximum Gasteiger partial charge on any atom is 0.338 e. The van der Waals surface area contributed by atoms with Crippen molar-refractivity contribution >= 4 is 27.5 Å². The predicted molar refractivity (Wildman–Crippen MR) is 110 cm³/mol. The lowest BCUT2D eigenvalue weighted by Crippen LogP contribution is -2.15. The molecule has 9 heteroatoms. The number of carbonyl (C=O) groups excluding carboxylic acids is 2. The molecule has 0 aliphatic rings. The van der Waals surface area contributed by atoms with Gasteiger partial charge >= 0.3 is 5.97 Å². The van der Waals surface area contributed by atoms with Gasteiger partial charge in [0.2, 0.25) is 5.78 Å². The van der Waals surface area contributed by atoms with Crippen molar-refractivity contribution in [2.75, 3.05) is 17.9 Å². The van der Waals surface area contributed by atoms with Crippen LogP contribution in [0.25, 0.3) is 0 Å². The Morgan fingerprint density at radius 2 is 1.70 bits per heavy atom. The molecular weight excluding hydrogens is 408 g/mol. The molecule has 8 nitrogen and oxygen atoms in total. The Bertz CT molecular complexity index is 1110. The minimum atomic E-state index is -3.79. The van der Waals surface area contributed by atoms with Crippen LogP contribution in [-0.2, 0) is 14.8 Å². The second kappa shape index (κ2) is 9.27. The van der Waals surface area contributed by atoms with E-state index in [1.807, 2.05) is 6.92 Å². The molecule has 3 aromatic rings. The number of hydrogen-bond acceptors (Lipinski definition) is 6. The number of sulfonamides is 1. The second-order valence-corrected chi connectivity index (χ2v) is 7.85. The normalized spacial score (nSPS) is 11.0. The molecule has 0 atom stereocenters. The monoisotopic (exact) mass is 428 g/mol. The minimum Gasteiger partial charge on any atom is -0.494 e. The fraction of sp³-hybridized carbons (Fsp3) is 0.143. The number of ether oxygens (including phenoxy) is 2. The molecule has 0 saturated heterocycles. The van der Waals surface area contributed by atoms with Gasteiger partial charge in [-0.3, -0.25) is 9.52 Å². The van der Waals surface area contributed by atoms with Gasteiger partial charge in [0.1, 0.15) is 5.75 Å². The van der Waals surface area contributed by atoms with Crippen molar-refractivity contribution in [2.24, 2.45) is 0 Å². The lowest BCUT2D eigenvalue weighted by molar-refractivity contribution is 0.0473. The highest BCUT2D eigenvalue weighted by Crippen LogP contribution is 2.20. The van der Waals surface area contributed by atoms with Gasteiger partial charge in [-0.05, 0) is 67.6 Å². The van der Waals surface area contributed by atoms with E-state index in [2.05, 4.69) is 9.71 Å². The highest BCUT2D eigenvalue weighted by atomic mass is 32.2. The molecule has 1 aromatic heterocycles. The quantitative estimate of drug-likeness (QED) is 0.399. The first-order chi connectivity index (χ1) is 14.4. The summed E-state index contributed by atoms with van der Waals surface area (Å²) in [6.07, 6.45) is 1.60. The number of esters is 1. The molecule has 0 aliphatic carbocycles. The Balaban J connectivity index is 1.60. The van der Waals surface area contributed by atoms with Crippen LogP contribution in [0, 0.1) is 0 Å². The van der Waals surface area contributed by atoms with E-state index in [0.29, 0.717) is 18.1 Å². The van der Waals surface area contributed by atoms with Crippen LogP contribution < -0.4 is 9.46 Å². The summed E-state index contributed by atoms with van der Waals surface area (Å²) < 4.78 is 37.7. The van der Waals surface area contributed by atoms with Crippen LogP contribution in [0.1, 0.15) is 27.8 Å². The largest absolute Gasteiger partial charge is 0.494 e. The first-order valence-electron chi connectivity index (χ1n) is 9.08. The summed E-state index contributed by atoms with van der Waals surface area (Å²) in [5.41, 5.74) is 0.822. The Morgan fingerprint density at radius 3 is 2.30 bits per heavy atom. The average molecular weight is 428 g/mol. The number of anilines is 1. The van der Waals surface area contributed by atoms with Gasteiger partial charge in [-0.1, -0.05) is 0 Å². The van der Waals surface area contributed by atoms with Gasteiger partial charge in [-0.15, -0.1) is 0 Å². The van der Waals surface area contributed by atoms with Gasteiger partial charge in [-0.2, -0.15) is 0 Å². The van der Waals surface area contributed by atoms with E-state index >= 15 is 0 Å². The van der Waals surface area contributed by atoms with Crippen molar-refractivity contribution in [1.29, 1.82) is 0 Å². The van der Waals surface area contributed by atoms with Crippen LogP contribution in [0.15, 0.2) is 71.8 Å². The average Bonchev–Trinajstić information content (AvgIpc) is 3.28. The number of Topliss-reactive ketones (excluding diaryl/α,β-unsaturated/α-hetero) is 1. The number of rotatable bonds is 9. The second-order valence-electron chi connectivity index (χ2n) is 6.17. The Hall–Kier alpha value is -3.59. The highest BCUT2D eigenvalue weighted by Gasteiger charge is 2.16. The molecule has 3 rings (SSSR count). The van der Waals surface area contributed by atoms with Crippen molar-refractivity contribution in [1.82, 2.24) is 4.98 Å². The van der Waals surface area contributed by atoms with Crippen LogP contribution in [0.5, 0.6) is 5.75 Å². The number of carbonyl (C=O) groups is 2. The maximum absolute atomic E-state index is 12.5. The molecule has 1 heterocycles. The third-order valence-electron chi connectivity index (χ3n) is 4.05. The smallest absolute Gasteiger partial charge is 0.338 e. The number of hydrogen-bond donors (Lipinski definition) is 2. The van der Waals surface area contributed by atoms with Crippen LogP contribution in [-0.4, -0.2) is 38.4 Å². The van der Waals surface area contributed by atoms with Gasteiger partial charge in [0, 0.05) is 11.9 Å². The number of nitrogens with one attached hydrogen (secondary N) is 2. The standard InChI is InChI=1S/C21H20N2O6S/c1-2-28-17-9-11-18(12-10-17)30(26,27)23-16-7-5-15(6-8-16)21(25)29-14-20(24)19-4-3-13-22-19/h3-13,22-23H,2,14H2,1H3. The maximum atomic E-state index is 12.5. The summed E-state index contributed by atoms with van der Waals surface area (Å²) in [6.45, 7) is 1.93. The van der Waals surface area contributed by atoms with Crippen LogP contribution in [0.2, 0.25) is 0 Å². The minimum absolute atomic E-state index is 0.0808. The van der Waals surface area contributed by atoms with Crippen molar-refractivity contribution in [3.8, 4) is 5.75 Å². The van der Waals surface area contributed by atoms with E-state index in [1.54, 1.807) is 30.5 Å². The van der Waals surface area contributed by atoms with Crippen molar-refractivity contribution < 1.29 is 27.5 Å². The molecule has 0 bridgehead atoms. The summed E-state index contributed by atoms with van der Waals surface area (Å²) in [5, 5.41) is 0. The number of H-pyrrole nitrogens is 1. The zero-order chi connectivity index (χ0) is 21.6. The fourth-order valence-corrected chi connectivity index (χ4v) is 3.62. The van der Waals surface area contributed by atoms with Crippen LogP contribution in [0.4, 0.5) is 5.69 Å². The molecule has 2 N–H and O–H groups in total. The van der Waals surface area contributed by atoms with Crippen molar-refractivity contribution in [3.63, 3.8) is 0 Å². The molecule has 0 aliphatic heterocycles. The third-order valence-corrected chi connectivity index (χ3v) is 5.45. The van der Waals surface area contributed by atoms with Gasteiger partial charge in [0.15, 0.2) is 6.61 Å². The zero-order valence-corrected chi connectivity index (χ0v) is 16.9. The van der Waals surface area contributed by atoms with E-state index in [-0.39, 0.29) is 21.9 Å². The fourth-order valence-electron chi connectivity index (χ4n) is 2.57. The van der Waals surface area contributed by atoms with Crippen molar-refractivity contribution in [3.05, 3.63) is 78.1 Å². The van der Waals surface area contributed by atoms with Crippen LogP contribution >= 0.6 is 0 Å². The van der Waals surface area contributed by atoms with Crippen LogP contribution in [0.3, 0.4) is 0 Å². The predicted octanol–water partition coefficient (Wildman–Crippen LogP) is 3.25. The lowest BCUT2D eigenvalue weighted by atomic mass is 10.2. The van der Waals surface area contributed by atoms with E-state index < -0.39 is 22.6 Å². The number of aromatic nitrogens is 1. The van der Waals surface area contributed by atoms with Gasteiger partial charge in [0.05, 0.1) is 22.8 Å². The zero-order valence-electron chi connectivity index (χ0n) is 16.1. The van der Waals surface area contributed by atoms with Crippen molar-refractivity contribution in [2.45, 2.75) is 11.8 Å². The molecule has 0 radical (unpaired) electrons. The highest BCUT2D eigenvalue weighted by molar-refractivity contribution is 7.92. The lowest BCUT2D eigenvalue weighted by Gasteiger charge is -2.10.